The third-order valence-corrected chi connectivity index (χ3v) is 4.80. The van der Waals surface area contributed by atoms with E-state index in [1.54, 1.807) is 4.90 Å². The van der Waals surface area contributed by atoms with Crippen LogP contribution < -0.4 is 10.1 Å². The minimum Gasteiger partial charge on any atom is -0.491 e. The van der Waals surface area contributed by atoms with Gasteiger partial charge in [0.15, 0.2) is 0 Å². The van der Waals surface area contributed by atoms with Gasteiger partial charge in [-0.15, -0.1) is 0 Å². The summed E-state index contributed by atoms with van der Waals surface area (Å²) < 4.78 is 13.6. The number of hydrogen-bond donors (Lipinski definition) is 1. The molecule has 1 amide bonds. The van der Waals surface area contributed by atoms with Crippen molar-refractivity contribution in [2.75, 3.05) is 18.5 Å². The minimum absolute atomic E-state index is 0.308. The predicted molar refractivity (Wildman–Crippen MR) is 106 cm³/mol. The largest absolute Gasteiger partial charge is 0.491 e. The number of benzene rings is 1. The van der Waals surface area contributed by atoms with Gasteiger partial charge in [0.05, 0.1) is 31.7 Å². The van der Waals surface area contributed by atoms with Crippen LogP contribution in [0.5, 0.6) is 5.75 Å². The van der Waals surface area contributed by atoms with E-state index >= 15 is 0 Å². The molecule has 1 aromatic carbocycles. The first-order valence-electron chi connectivity index (χ1n) is 9.87. The lowest BCUT2D eigenvalue weighted by molar-refractivity contribution is 0.0225. The molecule has 2 heterocycles. The van der Waals surface area contributed by atoms with Gasteiger partial charge in [-0.1, -0.05) is 6.07 Å². The van der Waals surface area contributed by atoms with Crippen LogP contribution in [0.3, 0.4) is 0 Å². The highest BCUT2D eigenvalue weighted by molar-refractivity contribution is 5.68. The van der Waals surface area contributed by atoms with E-state index in [2.05, 4.69) is 21.1 Å². The molecule has 2 aromatic rings. The Hall–Kier alpha value is -2.70. The molecular weight excluding hydrogens is 356 g/mol. The second-order valence-corrected chi connectivity index (χ2v) is 8.47. The first kappa shape index (κ1) is 18.7. The Kier molecular flexibility index (Phi) is 4.91. The number of nitrogens with zero attached hydrogens (tertiary/aromatic N) is 3. The zero-order valence-corrected chi connectivity index (χ0v) is 16.8. The van der Waals surface area contributed by atoms with Crippen molar-refractivity contribution in [1.82, 2.24) is 14.5 Å². The number of ether oxygens (including phenoxy) is 2. The number of fused-ring (bicyclic) bond motifs is 1. The molecule has 2 aliphatic rings. The smallest absolute Gasteiger partial charge is 0.410 e. The number of hydrogen-bond acceptors (Lipinski definition) is 5. The molecule has 28 heavy (non-hydrogen) atoms. The lowest BCUT2D eigenvalue weighted by Gasteiger charge is -2.26. The third-order valence-electron chi connectivity index (χ3n) is 4.80. The van der Waals surface area contributed by atoms with Crippen molar-refractivity contribution in [3.05, 3.63) is 42.0 Å². The number of imidazole rings is 1. The van der Waals surface area contributed by atoms with E-state index in [0.29, 0.717) is 32.3 Å². The molecule has 0 spiro atoms. The lowest BCUT2D eigenvalue weighted by atomic mass is 10.1. The van der Waals surface area contributed by atoms with Crippen molar-refractivity contribution in [1.29, 1.82) is 0 Å². The van der Waals surface area contributed by atoms with Crippen molar-refractivity contribution in [3.8, 4) is 5.75 Å². The summed E-state index contributed by atoms with van der Waals surface area (Å²) in [4.78, 5) is 18.5. The molecule has 1 fully saturated rings. The summed E-state index contributed by atoms with van der Waals surface area (Å²) in [6.45, 7) is 7.72. The van der Waals surface area contributed by atoms with Gasteiger partial charge in [-0.05, 0) is 39.7 Å². The van der Waals surface area contributed by atoms with E-state index in [0.717, 1.165) is 22.7 Å². The molecule has 4 rings (SSSR count). The highest BCUT2D eigenvalue weighted by Gasteiger charge is 2.25. The van der Waals surface area contributed by atoms with Gasteiger partial charge in [-0.2, -0.15) is 0 Å². The van der Waals surface area contributed by atoms with Crippen molar-refractivity contribution in [2.24, 2.45) is 0 Å². The van der Waals surface area contributed by atoms with Crippen LogP contribution in [0.2, 0.25) is 0 Å². The number of rotatable bonds is 4. The van der Waals surface area contributed by atoms with Crippen molar-refractivity contribution < 1.29 is 14.3 Å². The van der Waals surface area contributed by atoms with Gasteiger partial charge in [0.1, 0.15) is 18.0 Å². The monoisotopic (exact) mass is 384 g/mol. The topological polar surface area (TPSA) is 68.6 Å². The Morgan fingerprint density at radius 3 is 2.93 bits per heavy atom. The van der Waals surface area contributed by atoms with Crippen molar-refractivity contribution >= 4 is 11.8 Å². The molecule has 1 N–H and O–H groups in total. The second kappa shape index (κ2) is 7.37. The maximum atomic E-state index is 12.4. The normalized spacial score (nSPS) is 16.8. The lowest BCUT2D eigenvalue weighted by Crippen LogP contribution is -2.37. The maximum Gasteiger partial charge on any atom is 0.410 e. The Bertz CT molecular complexity index is 852. The Labute approximate surface area is 165 Å². The summed E-state index contributed by atoms with van der Waals surface area (Å²) in [5.41, 5.74) is 2.48. The first-order valence-corrected chi connectivity index (χ1v) is 9.87. The highest BCUT2D eigenvalue weighted by Crippen LogP contribution is 2.34. The second-order valence-electron chi connectivity index (χ2n) is 8.47. The van der Waals surface area contributed by atoms with Crippen LogP contribution in [-0.2, 0) is 17.8 Å². The number of aromatic nitrogens is 2. The molecule has 1 aliphatic carbocycles. The van der Waals surface area contributed by atoms with Gasteiger partial charge in [-0.25, -0.2) is 9.78 Å². The van der Waals surface area contributed by atoms with E-state index < -0.39 is 5.60 Å². The van der Waals surface area contributed by atoms with Gasteiger partial charge in [0, 0.05) is 29.6 Å². The Morgan fingerprint density at radius 2 is 2.18 bits per heavy atom. The SMILES string of the molecule is CC(C)(C)OC(=O)N1CCOc2cc(NCc3cn(C4CC4)cn3)ccc2C1. The first-order chi connectivity index (χ1) is 13.4. The van der Waals surface area contributed by atoms with E-state index in [9.17, 15) is 4.79 Å². The van der Waals surface area contributed by atoms with Crippen LogP contribution in [0, 0.1) is 0 Å². The summed E-state index contributed by atoms with van der Waals surface area (Å²) in [6.07, 6.45) is 6.23. The number of amides is 1. The van der Waals surface area contributed by atoms with Crippen molar-refractivity contribution in [3.63, 3.8) is 0 Å². The van der Waals surface area contributed by atoms with Gasteiger partial charge in [-0.3, -0.25) is 0 Å². The third kappa shape index (κ3) is 4.58. The van der Waals surface area contributed by atoms with Gasteiger partial charge in [0.2, 0.25) is 0 Å². The molecule has 0 saturated heterocycles. The maximum absolute atomic E-state index is 12.4. The molecule has 1 aromatic heterocycles. The summed E-state index contributed by atoms with van der Waals surface area (Å²) in [5, 5.41) is 3.41. The molecule has 1 saturated carbocycles. The fourth-order valence-electron chi connectivity index (χ4n) is 3.20. The fourth-order valence-corrected chi connectivity index (χ4v) is 3.20. The van der Waals surface area contributed by atoms with Gasteiger partial charge in [0.25, 0.3) is 0 Å². The zero-order valence-electron chi connectivity index (χ0n) is 16.8. The standard InChI is InChI=1S/C21H28N4O3/c1-21(2,3)28-20(26)24-8-9-27-19-10-16(5-4-15(19)12-24)22-11-17-13-25(14-23-17)18-6-7-18/h4-5,10,13-14,18,22H,6-9,11-12H2,1-3H3. The van der Waals surface area contributed by atoms with Crippen LogP contribution >= 0.6 is 0 Å². The van der Waals surface area contributed by atoms with Gasteiger partial charge >= 0.3 is 6.09 Å². The Morgan fingerprint density at radius 1 is 1.36 bits per heavy atom. The summed E-state index contributed by atoms with van der Waals surface area (Å²) in [7, 11) is 0. The zero-order chi connectivity index (χ0) is 19.7. The predicted octanol–water partition coefficient (Wildman–Crippen LogP) is 3.96. The quantitative estimate of drug-likeness (QED) is 0.864. The van der Waals surface area contributed by atoms with Crippen LogP contribution in [-0.4, -0.2) is 39.3 Å². The minimum atomic E-state index is -0.507. The van der Waals surface area contributed by atoms with Crippen LogP contribution in [0.4, 0.5) is 10.5 Å². The fraction of sp³-hybridized carbons (Fsp3) is 0.524. The van der Waals surface area contributed by atoms with E-state index in [4.69, 9.17) is 9.47 Å². The van der Waals surface area contributed by atoms with Crippen LogP contribution in [0.15, 0.2) is 30.7 Å². The highest BCUT2D eigenvalue weighted by atomic mass is 16.6. The summed E-state index contributed by atoms with van der Waals surface area (Å²) in [6, 6.07) is 6.66. The molecule has 7 nitrogen and oxygen atoms in total. The van der Waals surface area contributed by atoms with Gasteiger partial charge < -0.3 is 24.3 Å². The van der Waals surface area contributed by atoms with E-state index in [-0.39, 0.29) is 6.09 Å². The number of nitrogens with one attached hydrogen (secondary N) is 1. The van der Waals surface area contributed by atoms with Crippen molar-refractivity contribution in [2.45, 2.75) is 58.3 Å². The van der Waals surface area contributed by atoms with E-state index in [1.165, 1.54) is 12.8 Å². The van der Waals surface area contributed by atoms with E-state index in [1.807, 2.05) is 45.3 Å². The number of carbonyl (C=O) groups excluding carboxylic acids is 1. The molecule has 0 radical (unpaired) electrons. The average molecular weight is 384 g/mol. The number of anilines is 1. The molecule has 150 valence electrons. The summed E-state index contributed by atoms with van der Waals surface area (Å²) >= 11 is 0. The summed E-state index contributed by atoms with van der Waals surface area (Å²) in [5.74, 6) is 0.805. The van der Waals surface area contributed by atoms with Crippen LogP contribution in [0.25, 0.3) is 0 Å². The Balaban J connectivity index is 1.39. The molecule has 7 heteroatoms. The molecule has 1 aliphatic heterocycles. The number of carbonyl (C=O) groups is 1. The average Bonchev–Trinajstić information content (AvgIpc) is 3.41. The molecule has 0 unspecified atom stereocenters. The molecule has 0 bridgehead atoms. The van der Waals surface area contributed by atoms with Crippen LogP contribution in [0.1, 0.15) is 50.9 Å². The molecular formula is C21H28N4O3. The molecule has 0 atom stereocenters.